The molecule has 2 aromatic rings. The Balaban J connectivity index is 1.82. The van der Waals surface area contributed by atoms with Gasteiger partial charge in [0.15, 0.2) is 5.13 Å². The van der Waals surface area contributed by atoms with Crippen LogP contribution in [0.2, 0.25) is 0 Å². The second-order valence-electron chi connectivity index (χ2n) is 4.41. The van der Waals surface area contributed by atoms with E-state index in [2.05, 4.69) is 16.4 Å². The summed E-state index contributed by atoms with van der Waals surface area (Å²) >= 11 is 1.43. The van der Waals surface area contributed by atoms with Crippen LogP contribution in [0.3, 0.4) is 0 Å². The summed E-state index contributed by atoms with van der Waals surface area (Å²) in [7, 11) is 0. The number of nitrogen functional groups attached to an aromatic ring is 1. The number of carbonyl (C=O) groups is 1. The van der Waals surface area contributed by atoms with Crippen LogP contribution >= 0.6 is 11.3 Å². The first-order valence-corrected chi connectivity index (χ1v) is 6.90. The summed E-state index contributed by atoms with van der Waals surface area (Å²) in [5, 5.41) is 5.37. The van der Waals surface area contributed by atoms with Crippen molar-refractivity contribution >= 4 is 40.2 Å². The van der Waals surface area contributed by atoms with Gasteiger partial charge in [-0.1, -0.05) is 12.1 Å². The number of nitrogens with two attached hydrogens (primary N) is 1. The summed E-state index contributed by atoms with van der Waals surface area (Å²) in [6.45, 7) is 0. The van der Waals surface area contributed by atoms with Crippen LogP contribution < -0.4 is 11.1 Å². The summed E-state index contributed by atoms with van der Waals surface area (Å²) in [5.41, 5.74) is 9.66. The molecule has 1 aromatic carbocycles. The average Bonchev–Trinajstić information content (AvgIpc) is 2.82. The highest BCUT2D eigenvalue weighted by molar-refractivity contribution is 7.13. The minimum absolute atomic E-state index is 0.0914. The molecule has 0 saturated heterocycles. The maximum absolute atomic E-state index is 11.3. The van der Waals surface area contributed by atoms with E-state index < -0.39 is 0 Å². The van der Waals surface area contributed by atoms with E-state index in [-0.39, 0.29) is 5.91 Å². The quantitative estimate of drug-likeness (QED) is 0.882. The smallest absolute Gasteiger partial charge is 0.224 e. The Bertz CT molecular complexity index is 660. The van der Waals surface area contributed by atoms with Gasteiger partial charge in [-0.3, -0.25) is 4.79 Å². The molecule has 0 bridgehead atoms. The molecule has 1 aliphatic rings. The highest BCUT2D eigenvalue weighted by Crippen LogP contribution is 2.24. The van der Waals surface area contributed by atoms with Crippen LogP contribution in [0, 0.1) is 0 Å². The van der Waals surface area contributed by atoms with E-state index in [9.17, 15) is 4.79 Å². The van der Waals surface area contributed by atoms with Gasteiger partial charge in [-0.15, -0.1) is 11.3 Å². The van der Waals surface area contributed by atoms with Crippen LogP contribution in [0.4, 0.5) is 10.8 Å². The molecule has 0 spiro atoms. The number of hydrogen-bond donors (Lipinski definition) is 2. The Hall–Kier alpha value is -2.14. The molecule has 0 radical (unpaired) electrons. The standard InChI is InChI=1S/C14H13N3OS/c15-14-16-11(8-19-14)4-1-9-2-5-12-10(7-9)3-6-13(18)17-12/h1-2,4-5,7-8H,3,6H2,(H2,15,16)(H,17,18). The number of benzene rings is 1. The van der Waals surface area contributed by atoms with Gasteiger partial charge in [0.2, 0.25) is 5.91 Å². The van der Waals surface area contributed by atoms with Crippen LogP contribution in [-0.2, 0) is 11.2 Å². The van der Waals surface area contributed by atoms with Crippen LogP contribution in [-0.4, -0.2) is 10.9 Å². The number of anilines is 2. The number of hydrogen-bond acceptors (Lipinski definition) is 4. The molecule has 1 aliphatic heterocycles. The molecule has 96 valence electrons. The molecule has 5 heteroatoms. The Morgan fingerprint density at radius 1 is 1.32 bits per heavy atom. The first-order chi connectivity index (χ1) is 9.20. The highest BCUT2D eigenvalue weighted by atomic mass is 32.1. The van der Waals surface area contributed by atoms with Gasteiger partial charge >= 0.3 is 0 Å². The van der Waals surface area contributed by atoms with Crippen molar-refractivity contribution in [2.45, 2.75) is 12.8 Å². The number of rotatable bonds is 2. The zero-order valence-electron chi connectivity index (χ0n) is 10.2. The fourth-order valence-electron chi connectivity index (χ4n) is 2.07. The van der Waals surface area contributed by atoms with E-state index in [1.54, 1.807) is 0 Å². The Morgan fingerprint density at radius 3 is 3.00 bits per heavy atom. The summed E-state index contributed by atoms with van der Waals surface area (Å²) in [5.74, 6) is 0.0914. The van der Waals surface area contributed by atoms with Crippen molar-refractivity contribution in [1.29, 1.82) is 0 Å². The predicted molar refractivity (Wildman–Crippen MR) is 78.8 cm³/mol. The second-order valence-corrected chi connectivity index (χ2v) is 5.30. The molecule has 0 aliphatic carbocycles. The van der Waals surface area contributed by atoms with Crippen molar-refractivity contribution in [3.05, 3.63) is 40.4 Å². The normalized spacial score (nSPS) is 14.4. The fraction of sp³-hybridized carbons (Fsp3) is 0.143. The number of thiazole rings is 1. The van der Waals surface area contributed by atoms with Crippen molar-refractivity contribution in [3.8, 4) is 0 Å². The van der Waals surface area contributed by atoms with Gasteiger partial charge < -0.3 is 11.1 Å². The Kier molecular flexibility index (Phi) is 3.05. The molecule has 2 heterocycles. The zero-order chi connectivity index (χ0) is 13.2. The van der Waals surface area contributed by atoms with Crippen molar-refractivity contribution in [2.24, 2.45) is 0 Å². The minimum Gasteiger partial charge on any atom is -0.375 e. The van der Waals surface area contributed by atoms with E-state index in [0.29, 0.717) is 11.6 Å². The van der Waals surface area contributed by atoms with E-state index in [1.165, 1.54) is 16.9 Å². The van der Waals surface area contributed by atoms with Crippen molar-refractivity contribution in [2.75, 3.05) is 11.1 Å². The molecule has 0 fully saturated rings. The molecule has 1 amide bonds. The number of nitrogens with zero attached hydrogens (tertiary/aromatic N) is 1. The van der Waals surface area contributed by atoms with E-state index in [0.717, 1.165) is 23.4 Å². The van der Waals surface area contributed by atoms with Gasteiger partial charge in [0.1, 0.15) is 0 Å². The van der Waals surface area contributed by atoms with Crippen LogP contribution in [0.15, 0.2) is 23.6 Å². The number of carbonyl (C=O) groups excluding carboxylic acids is 1. The largest absolute Gasteiger partial charge is 0.375 e. The van der Waals surface area contributed by atoms with Gasteiger partial charge in [-0.05, 0) is 35.8 Å². The number of fused-ring (bicyclic) bond motifs is 1. The third-order valence-corrected chi connectivity index (χ3v) is 3.70. The minimum atomic E-state index is 0.0914. The third-order valence-electron chi connectivity index (χ3n) is 3.01. The van der Waals surface area contributed by atoms with Gasteiger partial charge in [0.25, 0.3) is 0 Å². The number of aromatic nitrogens is 1. The Labute approximate surface area is 115 Å². The molecule has 0 unspecified atom stereocenters. The number of aryl methyl sites for hydroxylation is 1. The third kappa shape index (κ3) is 2.66. The van der Waals surface area contributed by atoms with E-state index in [4.69, 9.17) is 5.73 Å². The summed E-state index contributed by atoms with van der Waals surface area (Å²) < 4.78 is 0. The molecule has 0 atom stereocenters. The molecule has 3 N–H and O–H groups in total. The van der Waals surface area contributed by atoms with E-state index >= 15 is 0 Å². The lowest BCUT2D eigenvalue weighted by molar-refractivity contribution is -0.116. The van der Waals surface area contributed by atoms with Crippen LogP contribution in [0.1, 0.15) is 23.2 Å². The number of amides is 1. The van der Waals surface area contributed by atoms with Crippen molar-refractivity contribution in [3.63, 3.8) is 0 Å². The molecular formula is C14H13N3OS. The summed E-state index contributed by atoms with van der Waals surface area (Å²) in [6, 6.07) is 6.03. The zero-order valence-corrected chi connectivity index (χ0v) is 11.0. The van der Waals surface area contributed by atoms with E-state index in [1.807, 2.05) is 29.7 Å². The molecule has 0 saturated carbocycles. The fourth-order valence-corrected chi connectivity index (χ4v) is 2.60. The van der Waals surface area contributed by atoms with Gasteiger partial charge in [0.05, 0.1) is 5.69 Å². The van der Waals surface area contributed by atoms with Gasteiger partial charge in [-0.2, -0.15) is 0 Å². The first-order valence-electron chi connectivity index (χ1n) is 6.02. The molecule has 4 nitrogen and oxygen atoms in total. The number of nitrogens with one attached hydrogen (secondary N) is 1. The predicted octanol–water partition coefficient (Wildman–Crippen LogP) is 2.78. The lowest BCUT2D eigenvalue weighted by Gasteiger charge is -2.16. The van der Waals surface area contributed by atoms with Gasteiger partial charge in [-0.25, -0.2) is 4.98 Å². The highest BCUT2D eigenvalue weighted by Gasteiger charge is 2.13. The molecule has 1 aromatic heterocycles. The second kappa shape index (κ2) is 4.85. The summed E-state index contributed by atoms with van der Waals surface area (Å²) in [6.07, 6.45) is 5.30. The lowest BCUT2D eigenvalue weighted by atomic mass is 10.0. The monoisotopic (exact) mass is 271 g/mol. The van der Waals surface area contributed by atoms with Crippen molar-refractivity contribution < 1.29 is 4.79 Å². The van der Waals surface area contributed by atoms with Crippen LogP contribution in [0.25, 0.3) is 12.2 Å². The topological polar surface area (TPSA) is 68.0 Å². The molecular weight excluding hydrogens is 258 g/mol. The molecule has 19 heavy (non-hydrogen) atoms. The van der Waals surface area contributed by atoms with Crippen molar-refractivity contribution in [1.82, 2.24) is 4.98 Å². The maximum atomic E-state index is 11.3. The lowest BCUT2D eigenvalue weighted by Crippen LogP contribution is -2.18. The maximum Gasteiger partial charge on any atom is 0.224 e. The first kappa shape index (κ1) is 11.9. The Morgan fingerprint density at radius 2 is 2.21 bits per heavy atom. The SMILES string of the molecule is Nc1nc(C=Cc2ccc3c(c2)CCC(=O)N3)cs1. The average molecular weight is 271 g/mol. The molecule has 3 rings (SSSR count). The van der Waals surface area contributed by atoms with Crippen LogP contribution in [0.5, 0.6) is 0 Å². The summed E-state index contributed by atoms with van der Waals surface area (Å²) in [4.78, 5) is 15.5. The van der Waals surface area contributed by atoms with Gasteiger partial charge in [0, 0.05) is 17.5 Å².